The second-order valence-corrected chi connectivity index (χ2v) is 4.92. The number of benzene rings is 1. The van der Waals surface area contributed by atoms with Crippen molar-refractivity contribution in [2.75, 3.05) is 7.05 Å². The lowest BCUT2D eigenvalue weighted by atomic mass is 10.0. The Morgan fingerprint density at radius 1 is 1.42 bits per heavy atom. The minimum atomic E-state index is -0.369. The zero-order chi connectivity index (χ0) is 14.0. The average Bonchev–Trinajstić information content (AvgIpc) is 2.74. The average molecular weight is 302 g/mol. The summed E-state index contributed by atoms with van der Waals surface area (Å²) in [5, 5.41) is 8.12. The molecule has 1 aromatic carbocycles. The van der Waals surface area contributed by atoms with Crippen LogP contribution in [-0.4, -0.2) is 16.8 Å². The Bertz CT molecular complexity index is 583. The van der Waals surface area contributed by atoms with Gasteiger partial charge in [0.15, 0.2) is 0 Å². The standard InChI is InChI=1S/C13H14Cl2FN3/c1-3-19-13(10(15)7-18-19)12(17-2)9-5-4-8(14)6-11(9)16/h4-7,12,17H,3H2,1-2H3. The highest BCUT2D eigenvalue weighted by atomic mass is 35.5. The Balaban J connectivity index is 2.52. The van der Waals surface area contributed by atoms with Crippen molar-refractivity contribution in [1.82, 2.24) is 15.1 Å². The van der Waals surface area contributed by atoms with Gasteiger partial charge in [-0.25, -0.2) is 4.39 Å². The molecule has 1 N–H and O–H groups in total. The van der Waals surface area contributed by atoms with Crippen LogP contribution in [0.25, 0.3) is 0 Å². The Morgan fingerprint density at radius 2 is 2.16 bits per heavy atom. The number of rotatable bonds is 4. The molecular weight excluding hydrogens is 288 g/mol. The van der Waals surface area contributed by atoms with Crippen LogP contribution in [0.3, 0.4) is 0 Å². The molecule has 102 valence electrons. The molecule has 2 rings (SSSR count). The molecule has 1 atom stereocenters. The lowest BCUT2D eigenvalue weighted by molar-refractivity contribution is 0.533. The lowest BCUT2D eigenvalue weighted by Crippen LogP contribution is -2.22. The van der Waals surface area contributed by atoms with Crippen molar-refractivity contribution in [2.45, 2.75) is 19.5 Å². The van der Waals surface area contributed by atoms with E-state index in [4.69, 9.17) is 23.2 Å². The topological polar surface area (TPSA) is 29.9 Å². The highest BCUT2D eigenvalue weighted by Gasteiger charge is 2.23. The van der Waals surface area contributed by atoms with Gasteiger partial charge in [0, 0.05) is 17.1 Å². The van der Waals surface area contributed by atoms with E-state index in [0.29, 0.717) is 22.2 Å². The fourth-order valence-corrected chi connectivity index (χ4v) is 2.50. The van der Waals surface area contributed by atoms with Crippen molar-refractivity contribution in [3.8, 4) is 0 Å². The van der Waals surface area contributed by atoms with Crippen LogP contribution in [0.1, 0.15) is 24.2 Å². The normalized spacial score (nSPS) is 12.7. The molecule has 3 nitrogen and oxygen atoms in total. The van der Waals surface area contributed by atoms with E-state index in [2.05, 4.69) is 10.4 Å². The first-order chi connectivity index (χ1) is 9.08. The Hall–Kier alpha value is -1.10. The van der Waals surface area contributed by atoms with E-state index < -0.39 is 0 Å². The van der Waals surface area contributed by atoms with E-state index in [1.807, 2.05) is 6.92 Å². The molecule has 1 aromatic heterocycles. The molecule has 19 heavy (non-hydrogen) atoms. The van der Waals surface area contributed by atoms with Gasteiger partial charge in [0.2, 0.25) is 0 Å². The van der Waals surface area contributed by atoms with Crippen molar-refractivity contribution in [3.63, 3.8) is 0 Å². The summed E-state index contributed by atoms with van der Waals surface area (Å²) < 4.78 is 15.8. The molecular formula is C13H14Cl2FN3. The van der Waals surface area contributed by atoms with Crippen LogP contribution in [0.5, 0.6) is 0 Å². The molecule has 1 unspecified atom stereocenters. The van der Waals surface area contributed by atoms with Crippen LogP contribution in [0.2, 0.25) is 10.0 Å². The first-order valence-electron chi connectivity index (χ1n) is 5.91. The first-order valence-corrected chi connectivity index (χ1v) is 6.67. The van der Waals surface area contributed by atoms with E-state index in [-0.39, 0.29) is 11.9 Å². The molecule has 6 heteroatoms. The van der Waals surface area contributed by atoms with Gasteiger partial charge in [-0.2, -0.15) is 5.10 Å². The van der Waals surface area contributed by atoms with E-state index in [0.717, 1.165) is 5.69 Å². The third kappa shape index (κ3) is 2.76. The van der Waals surface area contributed by atoms with Gasteiger partial charge in [-0.1, -0.05) is 29.3 Å². The third-order valence-corrected chi connectivity index (χ3v) is 3.49. The highest BCUT2D eigenvalue weighted by Crippen LogP contribution is 2.30. The SMILES string of the molecule is CCn1ncc(Cl)c1C(NC)c1ccc(Cl)cc1F. The number of aromatic nitrogens is 2. The van der Waals surface area contributed by atoms with E-state index >= 15 is 0 Å². The lowest BCUT2D eigenvalue weighted by Gasteiger charge is -2.19. The zero-order valence-electron chi connectivity index (χ0n) is 10.6. The summed E-state index contributed by atoms with van der Waals surface area (Å²) in [7, 11) is 1.75. The van der Waals surface area contributed by atoms with Gasteiger partial charge < -0.3 is 5.32 Å². The van der Waals surface area contributed by atoms with Crippen LogP contribution in [0.15, 0.2) is 24.4 Å². The molecule has 0 amide bonds. The molecule has 0 fully saturated rings. The fraction of sp³-hybridized carbons (Fsp3) is 0.308. The molecule has 2 aromatic rings. The summed E-state index contributed by atoms with van der Waals surface area (Å²) in [6, 6.07) is 4.24. The molecule has 0 aliphatic rings. The minimum absolute atomic E-state index is 0.367. The Morgan fingerprint density at radius 3 is 2.74 bits per heavy atom. The van der Waals surface area contributed by atoms with Gasteiger partial charge in [0.05, 0.1) is 23.0 Å². The van der Waals surface area contributed by atoms with Gasteiger partial charge in [-0.15, -0.1) is 0 Å². The number of nitrogens with zero attached hydrogens (tertiary/aromatic N) is 2. The monoisotopic (exact) mass is 301 g/mol. The Kier molecular flexibility index (Phi) is 4.45. The molecule has 0 saturated heterocycles. The van der Waals surface area contributed by atoms with Crippen LogP contribution >= 0.6 is 23.2 Å². The minimum Gasteiger partial charge on any atom is -0.308 e. The van der Waals surface area contributed by atoms with Gasteiger partial charge in [0.1, 0.15) is 5.82 Å². The summed E-state index contributed by atoms with van der Waals surface area (Å²) in [6.07, 6.45) is 1.57. The summed E-state index contributed by atoms with van der Waals surface area (Å²) in [6.45, 7) is 2.62. The smallest absolute Gasteiger partial charge is 0.129 e. The number of aryl methyl sites for hydroxylation is 1. The molecule has 0 aliphatic heterocycles. The fourth-order valence-electron chi connectivity index (χ4n) is 2.09. The van der Waals surface area contributed by atoms with Crippen molar-refractivity contribution in [1.29, 1.82) is 0 Å². The molecule has 0 radical (unpaired) electrons. The predicted octanol–water partition coefficient (Wildman–Crippen LogP) is 3.66. The number of halogens is 3. The number of hydrogen-bond acceptors (Lipinski definition) is 2. The molecule has 0 saturated carbocycles. The number of nitrogens with one attached hydrogen (secondary N) is 1. The maximum absolute atomic E-state index is 14.0. The molecule has 0 spiro atoms. The van der Waals surface area contributed by atoms with Crippen molar-refractivity contribution >= 4 is 23.2 Å². The van der Waals surface area contributed by atoms with Gasteiger partial charge in [0.25, 0.3) is 0 Å². The second-order valence-electron chi connectivity index (χ2n) is 4.08. The van der Waals surface area contributed by atoms with Crippen molar-refractivity contribution in [3.05, 3.63) is 51.5 Å². The van der Waals surface area contributed by atoms with Crippen molar-refractivity contribution in [2.24, 2.45) is 0 Å². The van der Waals surface area contributed by atoms with Gasteiger partial charge >= 0.3 is 0 Å². The summed E-state index contributed by atoms with van der Waals surface area (Å²) >= 11 is 11.9. The van der Waals surface area contributed by atoms with Crippen molar-refractivity contribution < 1.29 is 4.39 Å². The Labute approximate surface area is 121 Å². The molecule has 0 bridgehead atoms. The van der Waals surface area contributed by atoms with E-state index in [1.165, 1.54) is 6.07 Å². The largest absolute Gasteiger partial charge is 0.308 e. The van der Waals surface area contributed by atoms with E-state index in [1.54, 1.807) is 30.1 Å². The maximum Gasteiger partial charge on any atom is 0.129 e. The van der Waals surface area contributed by atoms with Crippen LogP contribution in [-0.2, 0) is 6.54 Å². The van der Waals surface area contributed by atoms with Crippen LogP contribution in [0.4, 0.5) is 4.39 Å². The highest BCUT2D eigenvalue weighted by molar-refractivity contribution is 6.31. The quantitative estimate of drug-likeness (QED) is 0.934. The van der Waals surface area contributed by atoms with E-state index in [9.17, 15) is 4.39 Å². The van der Waals surface area contributed by atoms with Gasteiger partial charge in [-0.05, 0) is 26.1 Å². The summed E-state index contributed by atoms with van der Waals surface area (Å²) in [4.78, 5) is 0. The molecule has 0 aliphatic carbocycles. The zero-order valence-corrected chi connectivity index (χ0v) is 12.1. The first kappa shape index (κ1) is 14.3. The summed E-state index contributed by atoms with van der Waals surface area (Å²) in [5.41, 5.74) is 1.23. The molecule has 1 heterocycles. The predicted molar refractivity (Wildman–Crippen MR) is 75.2 cm³/mol. The number of hydrogen-bond donors (Lipinski definition) is 1. The summed E-state index contributed by atoms with van der Waals surface area (Å²) in [5.74, 6) is -0.369. The second kappa shape index (κ2) is 5.90. The van der Waals surface area contributed by atoms with Crippen LogP contribution in [0, 0.1) is 5.82 Å². The van der Waals surface area contributed by atoms with Gasteiger partial charge in [-0.3, -0.25) is 4.68 Å². The maximum atomic E-state index is 14.0. The van der Waals surface area contributed by atoms with Crippen LogP contribution < -0.4 is 5.32 Å². The third-order valence-electron chi connectivity index (χ3n) is 2.97.